The molecule has 0 saturated heterocycles. The number of aryl methyl sites for hydroxylation is 1. The highest BCUT2D eigenvalue weighted by Crippen LogP contribution is 2.46. The summed E-state index contributed by atoms with van der Waals surface area (Å²) in [5, 5.41) is 3.66. The van der Waals surface area contributed by atoms with Crippen molar-refractivity contribution in [3.63, 3.8) is 0 Å². The SMILES string of the molecule is Cc1cccc2c1NC1CCC[C@@H]21. The van der Waals surface area contributed by atoms with E-state index in [1.54, 1.807) is 5.56 Å². The zero-order valence-corrected chi connectivity index (χ0v) is 8.01. The van der Waals surface area contributed by atoms with E-state index in [4.69, 9.17) is 0 Å². The molecule has 3 rings (SSSR count). The molecule has 0 radical (unpaired) electrons. The van der Waals surface area contributed by atoms with Crippen molar-refractivity contribution < 1.29 is 0 Å². The quantitative estimate of drug-likeness (QED) is 0.635. The minimum atomic E-state index is 0.746. The Morgan fingerprint density at radius 1 is 1.31 bits per heavy atom. The number of nitrogens with one attached hydrogen (secondary N) is 1. The molecule has 0 amide bonds. The highest BCUT2D eigenvalue weighted by molar-refractivity contribution is 5.64. The fourth-order valence-corrected chi connectivity index (χ4v) is 2.89. The van der Waals surface area contributed by atoms with Crippen LogP contribution in [0.25, 0.3) is 0 Å². The van der Waals surface area contributed by atoms with Gasteiger partial charge < -0.3 is 5.32 Å². The van der Waals surface area contributed by atoms with Crippen molar-refractivity contribution in [3.05, 3.63) is 29.3 Å². The van der Waals surface area contributed by atoms with Crippen molar-refractivity contribution in [1.29, 1.82) is 0 Å². The number of hydrogen-bond donors (Lipinski definition) is 1. The van der Waals surface area contributed by atoms with E-state index < -0.39 is 0 Å². The van der Waals surface area contributed by atoms with Crippen molar-refractivity contribution in [2.75, 3.05) is 5.32 Å². The minimum Gasteiger partial charge on any atom is -0.381 e. The summed E-state index contributed by atoms with van der Waals surface area (Å²) in [5.74, 6) is 0.815. The number of benzene rings is 1. The van der Waals surface area contributed by atoms with Crippen molar-refractivity contribution in [1.82, 2.24) is 0 Å². The molecular formula is C12H15N. The number of para-hydroxylation sites is 1. The summed E-state index contributed by atoms with van der Waals surface area (Å²) in [6.45, 7) is 2.20. The lowest BCUT2D eigenvalue weighted by atomic mass is 9.96. The van der Waals surface area contributed by atoms with Gasteiger partial charge in [0.25, 0.3) is 0 Å². The fourth-order valence-electron chi connectivity index (χ4n) is 2.89. The molecule has 1 aliphatic carbocycles. The van der Waals surface area contributed by atoms with Gasteiger partial charge >= 0.3 is 0 Å². The van der Waals surface area contributed by atoms with Crippen LogP contribution in [0.2, 0.25) is 0 Å². The van der Waals surface area contributed by atoms with Crippen LogP contribution in [0.5, 0.6) is 0 Å². The molecule has 2 atom stereocenters. The van der Waals surface area contributed by atoms with Crippen LogP contribution in [-0.4, -0.2) is 6.04 Å². The number of anilines is 1. The maximum Gasteiger partial charge on any atom is 0.0408 e. The summed E-state index contributed by atoms with van der Waals surface area (Å²) in [6, 6.07) is 7.44. The van der Waals surface area contributed by atoms with Crippen LogP contribution in [0.1, 0.15) is 36.3 Å². The summed E-state index contributed by atoms with van der Waals surface area (Å²) >= 11 is 0. The maximum atomic E-state index is 3.66. The summed E-state index contributed by atoms with van der Waals surface area (Å²) in [5.41, 5.74) is 4.41. The Morgan fingerprint density at radius 3 is 3.15 bits per heavy atom. The molecule has 1 fully saturated rings. The predicted octanol–water partition coefficient (Wildman–Crippen LogP) is 3.06. The monoisotopic (exact) mass is 173 g/mol. The van der Waals surface area contributed by atoms with E-state index in [0.717, 1.165) is 12.0 Å². The molecule has 1 heteroatoms. The van der Waals surface area contributed by atoms with Gasteiger partial charge in [-0.1, -0.05) is 24.6 Å². The molecule has 2 aliphatic rings. The molecule has 1 nitrogen and oxygen atoms in total. The zero-order chi connectivity index (χ0) is 8.84. The van der Waals surface area contributed by atoms with Gasteiger partial charge in [-0.25, -0.2) is 0 Å². The number of hydrogen-bond acceptors (Lipinski definition) is 1. The van der Waals surface area contributed by atoms with E-state index >= 15 is 0 Å². The van der Waals surface area contributed by atoms with E-state index in [-0.39, 0.29) is 0 Å². The standard InChI is InChI=1S/C12H15N/c1-8-4-2-6-10-9-5-3-7-11(9)13-12(8)10/h2,4,6,9,11,13H,3,5,7H2,1H3/t9-,11?/m0/s1. The Hall–Kier alpha value is -0.980. The van der Waals surface area contributed by atoms with Crippen LogP contribution in [0, 0.1) is 6.92 Å². The molecule has 1 aromatic carbocycles. The molecule has 0 bridgehead atoms. The first kappa shape index (κ1) is 7.43. The van der Waals surface area contributed by atoms with Gasteiger partial charge in [0, 0.05) is 17.6 Å². The van der Waals surface area contributed by atoms with Crippen LogP contribution >= 0.6 is 0 Å². The van der Waals surface area contributed by atoms with E-state index in [1.165, 1.54) is 30.5 Å². The lowest BCUT2D eigenvalue weighted by Crippen LogP contribution is -2.13. The summed E-state index contributed by atoms with van der Waals surface area (Å²) in [6.07, 6.45) is 4.14. The number of rotatable bonds is 0. The molecule has 68 valence electrons. The molecular weight excluding hydrogens is 158 g/mol. The van der Waals surface area contributed by atoms with Crippen molar-refractivity contribution in [2.45, 2.75) is 38.1 Å². The van der Waals surface area contributed by atoms with Crippen molar-refractivity contribution in [3.8, 4) is 0 Å². The highest BCUT2D eigenvalue weighted by atomic mass is 15.0. The van der Waals surface area contributed by atoms with Crippen LogP contribution < -0.4 is 5.32 Å². The summed E-state index contributed by atoms with van der Waals surface area (Å²) < 4.78 is 0. The normalized spacial score (nSPS) is 29.6. The lowest BCUT2D eigenvalue weighted by Gasteiger charge is -2.08. The van der Waals surface area contributed by atoms with E-state index in [1.807, 2.05) is 0 Å². The third kappa shape index (κ3) is 0.932. The van der Waals surface area contributed by atoms with Gasteiger partial charge in [-0.05, 0) is 30.9 Å². The largest absolute Gasteiger partial charge is 0.381 e. The predicted molar refractivity (Wildman–Crippen MR) is 55.2 cm³/mol. The lowest BCUT2D eigenvalue weighted by molar-refractivity contribution is 0.689. The summed E-state index contributed by atoms with van der Waals surface area (Å²) in [7, 11) is 0. The molecule has 1 unspecified atom stereocenters. The molecule has 0 aromatic heterocycles. The third-order valence-electron chi connectivity index (χ3n) is 3.55. The van der Waals surface area contributed by atoms with Crippen molar-refractivity contribution >= 4 is 5.69 Å². The Balaban J connectivity index is 2.12. The Kier molecular flexibility index (Phi) is 1.43. The van der Waals surface area contributed by atoms with E-state index in [2.05, 4.69) is 30.4 Å². The molecule has 1 N–H and O–H groups in total. The second-order valence-electron chi connectivity index (χ2n) is 4.33. The fraction of sp³-hybridized carbons (Fsp3) is 0.500. The second kappa shape index (κ2) is 2.50. The van der Waals surface area contributed by atoms with Crippen molar-refractivity contribution in [2.24, 2.45) is 0 Å². The topological polar surface area (TPSA) is 12.0 Å². The first-order chi connectivity index (χ1) is 6.36. The third-order valence-corrected chi connectivity index (χ3v) is 3.55. The van der Waals surface area contributed by atoms with Gasteiger partial charge in [-0.3, -0.25) is 0 Å². The summed E-state index contributed by atoms with van der Waals surface area (Å²) in [4.78, 5) is 0. The van der Waals surface area contributed by atoms with Crippen LogP contribution in [0.3, 0.4) is 0 Å². The number of fused-ring (bicyclic) bond motifs is 3. The second-order valence-corrected chi connectivity index (χ2v) is 4.33. The zero-order valence-electron chi connectivity index (χ0n) is 8.01. The van der Waals surface area contributed by atoms with Crippen LogP contribution in [0.15, 0.2) is 18.2 Å². The maximum absolute atomic E-state index is 3.66. The average molecular weight is 173 g/mol. The first-order valence-corrected chi connectivity index (χ1v) is 5.22. The molecule has 0 spiro atoms. The Morgan fingerprint density at radius 2 is 2.23 bits per heavy atom. The van der Waals surface area contributed by atoms with E-state index in [0.29, 0.717) is 0 Å². The van der Waals surface area contributed by atoms with Gasteiger partial charge in [0.2, 0.25) is 0 Å². The van der Waals surface area contributed by atoms with Gasteiger partial charge in [0.1, 0.15) is 0 Å². The van der Waals surface area contributed by atoms with Crippen LogP contribution in [0.4, 0.5) is 5.69 Å². The Bertz CT molecular complexity index is 343. The van der Waals surface area contributed by atoms with Gasteiger partial charge in [0.05, 0.1) is 0 Å². The molecule has 1 heterocycles. The molecule has 1 aromatic rings. The molecule has 1 aliphatic heterocycles. The van der Waals surface area contributed by atoms with Gasteiger partial charge in [0.15, 0.2) is 0 Å². The first-order valence-electron chi connectivity index (χ1n) is 5.22. The molecule has 1 saturated carbocycles. The van der Waals surface area contributed by atoms with Crippen LogP contribution in [-0.2, 0) is 0 Å². The molecule has 13 heavy (non-hydrogen) atoms. The van der Waals surface area contributed by atoms with Gasteiger partial charge in [-0.2, -0.15) is 0 Å². The smallest absolute Gasteiger partial charge is 0.0408 e. The van der Waals surface area contributed by atoms with E-state index in [9.17, 15) is 0 Å². The highest BCUT2D eigenvalue weighted by Gasteiger charge is 2.35. The average Bonchev–Trinajstić information content (AvgIpc) is 2.65. The van der Waals surface area contributed by atoms with Gasteiger partial charge in [-0.15, -0.1) is 0 Å². The minimum absolute atomic E-state index is 0.746. The Labute approximate surface area is 79.2 Å².